The van der Waals surface area contributed by atoms with Crippen molar-refractivity contribution in [3.63, 3.8) is 0 Å². The quantitative estimate of drug-likeness (QED) is 0.507. The van der Waals surface area contributed by atoms with Gasteiger partial charge < -0.3 is 21.1 Å². The van der Waals surface area contributed by atoms with Gasteiger partial charge >= 0.3 is 6.09 Å². The van der Waals surface area contributed by atoms with Crippen molar-refractivity contribution in [1.82, 2.24) is 24.5 Å². The molecule has 10 nitrogen and oxygen atoms in total. The number of nitrogen functional groups attached to an aromatic ring is 1. The number of hydrogen-bond donors (Lipinski definition) is 2. The van der Waals surface area contributed by atoms with Crippen LogP contribution in [0.1, 0.15) is 54.8 Å². The van der Waals surface area contributed by atoms with Crippen molar-refractivity contribution < 1.29 is 14.3 Å². The topological polar surface area (TPSA) is 134 Å². The van der Waals surface area contributed by atoms with Crippen molar-refractivity contribution in [2.45, 2.75) is 52.3 Å². The summed E-state index contributed by atoms with van der Waals surface area (Å²) in [6.07, 6.45) is 2.45. The van der Waals surface area contributed by atoms with Gasteiger partial charge in [0, 0.05) is 35.3 Å². The molecule has 4 N–H and O–H groups in total. The largest absolute Gasteiger partial charge is 0.444 e. The van der Waals surface area contributed by atoms with E-state index in [0.29, 0.717) is 47.8 Å². The monoisotopic (exact) mass is 537 g/mol. The maximum Gasteiger partial charge on any atom is 0.410 e. The number of fused-ring (bicyclic) bond motifs is 1. The summed E-state index contributed by atoms with van der Waals surface area (Å²) < 4.78 is 9.13. The molecule has 200 valence electrons. The van der Waals surface area contributed by atoms with Crippen LogP contribution in [-0.4, -0.2) is 55.2 Å². The Labute approximate surface area is 225 Å². The number of nitrogens with two attached hydrogens (primary N) is 2. The van der Waals surface area contributed by atoms with Gasteiger partial charge in [-0.05, 0) is 63.6 Å². The minimum absolute atomic E-state index is 0.0643. The second-order valence-electron chi connectivity index (χ2n) is 11.9. The van der Waals surface area contributed by atoms with Crippen molar-refractivity contribution in [1.29, 1.82) is 0 Å². The fourth-order valence-corrected chi connectivity index (χ4v) is 6.85. The molecule has 4 atom stereocenters. The highest BCUT2D eigenvalue weighted by Crippen LogP contribution is 2.79. The maximum absolute atomic E-state index is 12.6. The smallest absolute Gasteiger partial charge is 0.410 e. The van der Waals surface area contributed by atoms with Crippen molar-refractivity contribution in [3.8, 4) is 11.3 Å². The zero-order valence-corrected chi connectivity index (χ0v) is 22.7. The number of benzene rings is 1. The lowest BCUT2D eigenvalue weighted by Crippen LogP contribution is -2.42. The van der Waals surface area contributed by atoms with Gasteiger partial charge in [-0.1, -0.05) is 23.7 Å². The standard InChI is InChI=1S/C27H32ClN7O3/c1-14-17(11-34(31-14)10-15-6-5-7-16(28)8-15)22-20(24(30)36)23(29)35(32-22)19-9-27-13-33(12-18(27)21(19)27)25(37)38-26(2,3)4/h5-8,11,18-19,21H,9-10,12-13,29H2,1-4H3,(H2,30,36)/t18?,19-,21-,27+/m1/s1. The van der Waals surface area contributed by atoms with Gasteiger partial charge in [-0.25, -0.2) is 9.48 Å². The lowest BCUT2D eigenvalue weighted by Gasteiger charge is -2.37. The molecule has 1 aliphatic heterocycles. The van der Waals surface area contributed by atoms with Gasteiger partial charge in [-0.15, -0.1) is 0 Å². The molecular formula is C27H32ClN7O3. The van der Waals surface area contributed by atoms with Gasteiger partial charge in [0.1, 0.15) is 22.7 Å². The van der Waals surface area contributed by atoms with Gasteiger partial charge in [0.05, 0.1) is 18.3 Å². The predicted molar refractivity (Wildman–Crippen MR) is 143 cm³/mol. The number of piperidine rings is 1. The minimum atomic E-state index is -0.619. The zero-order chi connectivity index (χ0) is 27.1. The van der Waals surface area contributed by atoms with Crippen LogP contribution in [0.3, 0.4) is 0 Å². The summed E-state index contributed by atoms with van der Waals surface area (Å²) in [5.41, 5.74) is 15.0. The first-order valence-corrected chi connectivity index (χ1v) is 13.2. The molecule has 11 heteroatoms. The molecule has 3 aliphatic rings. The Bertz CT molecular complexity index is 1470. The molecule has 1 saturated heterocycles. The van der Waals surface area contributed by atoms with Crippen LogP contribution < -0.4 is 11.5 Å². The Morgan fingerprint density at radius 3 is 2.68 bits per heavy atom. The summed E-state index contributed by atoms with van der Waals surface area (Å²) in [7, 11) is 0. The fraction of sp³-hybridized carbons (Fsp3) is 0.481. The summed E-state index contributed by atoms with van der Waals surface area (Å²) in [4.78, 5) is 26.9. The van der Waals surface area contributed by atoms with Crippen LogP contribution in [0.2, 0.25) is 5.02 Å². The van der Waals surface area contributed by atoms with Gasteiger partial charge in [0.15, 0.2) is 0 Å². The van der Waals surface area contributed by atoms with Crippen LogP contribution in [0, 0.1) is 24.2 Å². The minimum Gasteiger partial charge on any atom is -0.444 e. The number of hydrogen-bond acceptors (Lipinski definition) is 6. The number of halogens is 1. The third-order valence-corrected chi connectivity index (χ3v) is 8.46. The Morgan fingerprint density at radius 1 is 1.26 bits per heavy atom. The molecule has 1 unspecified atom stereocenters. The maximum atomic E-state index is 12.6. The first-order chi connectivity index (χ1) is 17.9. The van der Waals surface area contributed by atoms with Crippen molar-refractivity contribution in [2.75, 3.05) is 18.8 Å². The van der Waals surface area contributed by atoms with E-state index in [4.69, 9.17) is 32.9 Å². The van der Waals surface area contributed by atoms with E-state index in [1.807, 2.05) is 63.1 Å². The van der Waals surface area contributed by atoms with Crippen molar-refractivity contribution in [2.24, 2.45) is 23.0 Å². The van der Waals surface area contributed by atoms with Crippen LogP contribution in [0.15, 0.2) is 30.5 Å². The van der Waals surface area contributed by atoms with E-state index in [2.05, 4.69) is 5.10 Å². The molecule has 3 fully saturated rings. The molecule has 0 radical (unpaired) electrons. The molecule has 2 amide bonds. The molecule has 3 heterocycles. The lowest BCUT2D eigenvalue weighted by molar-refractivity contribution is 0.0190. The third kappa shape index (κ3) is 3.84. The Hall–Kier alpha value is -3.53. The first-order valence-electron chi connectivity index (χ1n) is 12.8. The molecule has 2 aliphatic carbocycles. The van der Waals surface area contributed by atoms with Gasteiger partial charge in [0.25, 0.3) is 5.91 Å². The number of anilines is 1. The normalized spacial score (nSPS) is 25.5. The number of rotatable bonds is 5. The molecule has 2 aromatic heterocycles. The van der Waals surface area contributed by atoms with E-state index in [0.717, 1.165) is 17.7 Å². The van der Waals surface area contributed by atoms with E-state index >= 15 is 0 Å². The Kier molecular flexibility index (Phi) is 5.37. The summed E-state index contributed by atoms with van der Waals surface area (Å²) in [5, 5.41) is 10.1. The van der Waals surface area contributed by atoms with E-state index in [-0.39, 0.29) is 28.9 Å². The molecule has 0 bridgehead atoms. The number of aryl methyl sites for hydroxylation is 1. The highest BCUT2D eigenvalue weighted by Gasteiger charge is 2.79. The predicted octanol–water partition coefficient (Wildman–Crippen LogP) is 3.87. The second kappa shape index (κ2) is 8.23. The number of amides is 2. The number of carbonyl (C=O) groups excluding carboxylic acids is 2. The SMILES string of the molecule is Cc1nn(Cc2cccc(Cl)c2)cc1-c1nn([C@@H]2C[C@]34CN(C(=O)OC(C)(C)C)CC3[C@H]24)c(N)c1C(N)=O. The molecule has 3 aromatic rings. The Balaban J connectivity index is 1.23. The first kappa shape index (κ1) is 24.8. The average molecular weight is 538 g/mol. The molecule has 6 rings (SSSR count). The number of ether oxygens (including phenoxy) is 1. The number of primary amides is 1. The van der Waals surface area contributed by atoms with Crippen molar-refractivity contribution >= 4 is 29.4 Å². The number of carbonyl (C=O) groups is 2. The van der Waals surface area contributed by atoms with Crippen LogP contribution in [-0.2, 0) is 11.3 Å². The van der Waals surface area contributed by atoms with E-state index in [1.165, 1.54) is 0 Å². The summed E-state index contributed by atoms with van der Waals surface area (Å²) >= 11 is 6.13. The Morgan fingerprint density at radius 2 is 2.03 bits per heavy atom. The van der Waals surface area contributed by atoms with Crippen molar-refractivity contribution in [3.05, 3.63) is 52.3 Å². The molecule has 1 spiro atoms. The molecular weight excluding hydrogens is 506 g/mol. The van der Waals surface area contributed by atoms with Crippen LogP contribution in [0.25, 0.3) is 11.3 Å². The van der Waals surface area contributed by atoms with E-state index in [9.17, 15) is 9.59 Å². The van der Waals surface area contributed by atoms with Crippen LogP contribution >= 0.6 is 11.6 Å². The highest BCUT2D eigenvalue weighted by molar-refractivity contribution is 6.30. The van der Waals surface area contributed by atoms with E-state index in [1.54, 1.807) is 9.36 Å². The number of aromatic nitrogens is 4. The number of nitrogens with zero attached hydrogens (tertiary/aromatic N) is 5. The van der Waals surface area contributed by atoms with Gasteiger partial charge in [0.2, 0.25) is 0 Å². The fourth-order valence-electron chi connectivity index (χ4n) is 6.64. The molecule has 2 saturated carbocycles. The third-order valence-electron chi connectivity index (χ3n) is 8.23. The second-order valence-corrected chi connectivity index (χ2v) is 12.3. The van der Waals surface area contributed by atoms with Gasteiger partial charge in [-0.3, -0.25) is 9.48 Å². The molecule has 38 heavy (non-hydrogen) atoms. The van der Waals surface area contributed by atoms with Crippen LogP contribution in [0.4, 0.5) is 10.6 Å². The summed E-state index contributed by atoms with van der Waals surface area (Å²) in [6.45, 7) is 9.37. The summed E-state index contributed by atoms with van der Waals surface area (Å²) in [5.74, 6) is 0.407. The zero-order valence-electron chi connectivity index (χ0n) is 21.9. The summed E-state index contributed by atoms with van der Waals surface area (Å²) in [6, 6.07) is 7.66. The lowest BCUT2D eigenvalue weighted by atomic mass is 9.80. The highest BCUT2D eigenvalue weighted by atomic mass is 35.5. The molecule has 1 aromatic carbocycles. The van der Waals surface area contributed by atoms with E-state index < -0.39 is 11.5 Å². The average Bonchev–Trinajstić information content (AvgIpc) is 3.23. The van der Waals surface area contributed by atoms with Gasteiger partial charge in [-0.2, -0.15) is 10.2 Å². The number of likely N-dealkylation sites (tertiary alicyclic amines) is 1. The van der Waals surface area contributed by atoms with Crippen LogP contribution in [0.5, 0.6) is 0 Å².